The molecule has 0 bridgehead atoms. The molecule has 2 heterocycles. The summed E-state index contributed by atoms with van der Waals surface area (Å²) in [6.45, 7) is 23.4. The number of hydrogen-bond donors (Lipinski definition) is 1. The topological polar surface area (TPSA) is 62.0 Å². The van der Waals surface area contributed by atoms with Crippen LogP contribution >= 0.6 is 0 Å². The van der Waals surface area contributed by atoms with Gasteiger partial charge >= 0.3 is 0 Å². The second kappa shape index (κ2) is 20.4. The number of ketones is 1. The third-order valence-corrected chi connectivity index (χ3v) is 12.5. The van der Waals surface area contributed by atoms with E-state index in [1.165, 1.54) is 101 Å². The molecule has 1 aliphatic carbocycles. The number of unbranched alkanes of at least 4 members (excludes halogenated alkanes) is 14. The fourth-order valence-electron chi connectivity index (χ4n) is 9.19. The van der Waals surface area contributed by atoms with Crippen molar-refractivity contribution in [2.24, 2.45) is 0 Å². The van der Waals surface area contributed by atoms with Crippen molar-refractivity contribution in [2.75, 3.05) is 18.0 Å². The van der Waals surface area contributed by atoms with E-state index in [1.807, 2.05) is 12.2 Å². The maximum Gasteiger partial charge on any atom is 0.210 e. The predicted octanol–water partition coefficient (Wildman–Crippen LogP) is 13.9. The van der Waals surface area contributed by atoms with Gasteiger partial charge in [-0.25, -0.2) is 0 Å². The molecule has 2 aromatic rings. The molecule has 6 heteroatoms. The number of Topliss-reactive ketones (excluding diaryl/α,β-unsaturated/α-hetero) is 1. The van der Waals surface area contributed by atoms with Gasteiger partial charge in [0.25, 0.3) is 0 Å². The van der Waals surface area contributed by atoms with Crippen LogP contribution in [0.2, 0.25) is 0 Å². The number of ether oxygens (including phenoxy) is 2. The molecule has 0 amide bonds. The molecule has 2 aliphatic heterocycles. The van der Waals surface area contributed by atoms with Crippen LogP contribution in [0, 0.1) is 0 Å². The fraction of sp³-hybridized carbons (Fsp3) is 0.615. The van der Waals surface area contributed by atoms with Crippen LogP contribution in [0.5, 0.6) is 11.5 Å². The van der Waals surface area contributed by atoms with Gasteiger partial charge in [-0.05, 0) is 96.4 Å². The zero-order chi connectivity index (χ0) is 42.0. The number of rotatable bonds is 24. The van der Waals surface area contributed by atoms with Crippen molar-refractivity contribution >= 4 is 22.9 Å². The molecule has 0 spiro atoms. The Balaban J connectivity index is 1.45. The third-order valence-electron chi connectivity index (χ3n) is 12.5. The highest BCUT2D eigenvalue weighted by Crippen LogP contribution is 2.51. The smallest absolute Gasteiger partial charge is 0.210 e. The zero-order valence-electron chi connectivity index (χ0n) is 38.1. The summed E-state index contributed by atoms with van der Waals surface area (Å²) in [5.41, 5.74) is 6.85. The molecule has 0 saturated carbocycles. The molecule has 1 N–H and O–H groups in total. The predicted molar refractivity (Wildman–Crippen MR) is 244 cm³/mol. The second-order valence-electron chi connectivity index (χ2n) is 18.8. The van der Waals surface area contributed by atoms with E-state index in [0.717, 1.165) is 60.2 Å². The van der Waals surface area contributed by atoms with Crippen LogP contribution in [0.4, 0.5) is 11.4 Å². The van der Waals surface area contributed by atoms with Gasteiger partial charge in [-0.3, -0.25) is 4.79 Å². The number of benzene rings is 2. The van der Waals surface area contributed by atoms with Crippen molar-refractivity contribution in [3.8, 4) is 11.5 Å². The van der Waals surface area contributed by atoms with Gasteiger partial charge in [0.2, 0.25) is 11.5 Å². The summed E-state index contributed by atoms with van der Waals surface area (Å²) in [6.07, 6.45) is 24.2. The normalized spacial score (nSPS) is 18.3. The largest absolute Gasteiger partial charge is 0.506 e. The van der Waals surface area contributed by atoms with Gasteiger partial charge in [-0.15, -0.1) is 0 Å². The number of aliphatic hydroxyl groups excluding tert-OH is 1. The molecule has 0 radical (unpaired) electrons. The highest BCUT2D eigenvalue weighted by atomic mass is 16.5. The SMILES string of the molecule is CCCCCCCCCCN1/C(=C\C2=C(O)C(=C\C3=[N+](CCCCCCCCCC)c4ccc(OC(C)C)cc4C3(C)C)/C2=O)C(C)(C)c2cc(OC(C)C)ccc21. The highest BCUT2D eigenvalue weighted by Gasteiger charge is 2.47. The number of carbonyl (C=O) groups is 1. The minimum absolute atomic E-state index is 0.0769. The first-order valence-corrected chi connectivity index (χ1v) is 23.2. The zero-order valence-corrected chi connectivity index (χ0v) is 38.1. The van der Waals surface area contributed by atoms with E-state index in [1.54, 1.807) is 0 Å². The van der Waals surface area contributed by atoms with Gasteiger partial charge in [-0.2, -0.15) is 4.58 Å². The van der Waals surface area contributed by atoms with Crippen LogP contribution in [0.15, 0.2) is 71.2 Å². The molecule has 5 rings (SSSR count). The molecule has 0 fully saturated rings. The highest BCUT2D eigenvalue weighted by molar-refractivity contribution is 6.24. The Morgan fingerprint density at radius 1 is 0.672 bits per heavy atom. The molecule has 6 nitrogen and oxygen atoms in total. The van der Waals surface area contributed by atoms with Crippen molar-refractivity contribution in [2.45, 2.75) is 195 Å². The second-order valence-corrected chi connectivity index (χ2v) is 18.8. The van der Waals surface area contributed by atoms with Gasteiger partial charge in [0.05, 0.1) is 28.8 Å². The van der Waals surface area contributed by atoms with E-state index in [-0.39, 0.29) is 34.6 Å². The number of carbonyl (C=O) groups excluding carboxylic acids is 1. The van der Waals surface area contributed by atoms with Crippen LogP contribution in [0.25, 0.3) is 0 Å². The molecule has 0 aromatic heterocycles. The van der Waals surface area contributed by atoms with Crippen molar-refractivity contribution in [3.05, 3.63) is 82.3 Å². The minimum atomic E-state index is -0.384. The van der Waals surface area contributed by atoms with Gasteiger partial charge < -0.3 is 19.5 Å². The van der Waals surface area contributed by atoms with Crippen LogP contribution < -0.4 is 14.4 Å². The molecule has 0 saturated heterocycles. The summed E-state index contributed by atoms with van der Waals surface area (Å²) < 4.78 is 14.7. The summed E-state index contributed by atoms with van der Waals surface area (Å²) in [7, 11) is 0. The fourth-order valence-corrected chi connectivity index (χ4v) is 9.19. The molecular weight excluding hydrogens is 717 g/mol. The average Bonchev–Trinajstić information content (AvgIpc) is 3.51. The minimum Gasteiger partial charge on any atom is -0.506 e. The summed E-state index contributed by atoms with van der Waals surface area (Å²) in [5.74, 6) is 1.72. The van der Waals surface area contributed by atoms with Gasteiger partial charge in [-0.1, -0.05) is 111 Å². The Morgan fingerprint density at radius 3 is 1.74 bits per heavy atom. The maximum atomic E-state index is 14.3. The quantitative estimate of drug-likeness (QED) is 0.0651. The molecule has 318 valence electrons. The first-order valence-electron chi connectivity index (χ1n) is 23.2. The Labute approximate surface area is 352 Å². The van der Waals surface area contributed by atoms with E-state index in [2.05, 4.69) is 115 Å². The van der Waals surface area contributed by atoms with E-state index in [9.17, 15) is 9.90 Å². The molecule has 0 unspecified atom stereocenters. The lowest BCUT2D eigenvalue weighted by atomic mass is 9.77. The number of allylic oxidation sites excluding steroid dienone is 5. The average molecular weight is 794 g/mol. The summed E-state index contributed by atoms with van der Waals surface area (Å²) in [6, 6.07) is 12.8. The van der Waals surface area contributed by atoms with Crippen molar-refractivity contribution in [1.82, 2.24) is 0 Å². The van der Waals surface area contributed by atoms with Gasteiger partial charge in [0.15, 0.2) is 5.71 Å². The summed E-state index contributed by atoms with van der Waals surface area (Å²) >= 11 is 0. The van der Waals surface area contributed by atoms with Crippen LogP contribution in [-0.4, -0.2) is 46.5 Å². The van der Waals surface area contributed by atoms with E-state index >= 15 is 0 Å². The molecule has 2 aromatic carbocycles. The molecular formula is C52H77N2O4+. The third kappa shape index (κ3) is 10.5. The Hall–Kier alpha value is -3.80. The van der Waals surface area contributed by atoms with Crippen LogP contribution in [0.1, 0.15) is 183 Å². The summed E-state index contributed by atoms with van der Waals surface area (Å²) in [4.78, 5) is 16.7. The molecule has 58 heavy (non-hydrogen) atoms. The first kappa shape index (κ1) is 45.3. The monoisotopic (exact) mass is 794 g/mol. The standard InChI is InChI=1S/C52H76N2O4/c1-11-13-15-17-19-21-23-25-31-53-45-29-27-39(57-37(3)4)33-43(45)51(7,8)47(53)35-41-49(55)42(50(41)56)36-48-52(9,10)44-34-40(58-38(5)6)28-30-46(44)54(48)32-26-24-22-20-18-16-14-12-2/h27-30,33-38H,11-26,31-32H2,1-10H3/p+1. The summed E-state index contributed by atoms with van der Waals surface area (Å²) in [5, 5.41) is 11.8. The Bertz CT molecular complexity index is 1860. The van der Waals surface area contributed by atoms with Gasteiger partial charge in [0, 0.05) is 47.5 Å². The van der Waals surface area contributed by atoms with Crippen LogP contribution in [0.3, 0.4) is 0 Å². The maximum absolute atomic E-state index is 14.3. The Morgan fingerprint density at radius 2 is 1.19 bits per heavy atom. The molecule has 0 atom stereocenters. The number of hydrogen-bond acceptors (Lipinski definition) is 5. The van der Waals surface area contributed by atoms with Gasteiger partial charge in [0.1, 0.15) is 23.8 Å². The van der Waals surface area contributed by atoms with E-state index in [4.69, 9.17) is 9.47 Å². The number of anilines is 1. The lowest BCUT2D eigenvalue weighted by Crippen LogP contribution is -2.32. The van der Waals surface area contributed by atoms with Crippen LogP contribution in [-0.2, 0) is 15.6 Å². The van der Waals surface area contributed by atoms with E-state index in [0.29, 0.717) is 11.1 Å². The van der Waals surface area contributed by atoms with E-state index < -0.39 is 0 Å². The first-order chi connectivity index (χ1) is 27.7. The Kier molecular flexibility index (Phi) is 16.0. The van der Waals surface area contributed by atoms with Crippen molar-refractivity contribution in [1.29, 1.82) is 0 Å². The number of aliphatic hydroxyl groups is 1. The lowest BCUT2D eigenvalue weighted by Gasteiger charge is -2.29. The van der Waals surface area contributed by atoms with Crippen molar-refractivity contribution < 1.29 is 24.0 Å². The number of fused-ring (bicyclic) bond motifs is 2. The molecule has 3 aliphatic rings. The van der Waals surface area contributed by atoms with Crippen molar-refractivity contribution in [3.63, 3.8) is 0 Å². The lowest BCUT2D eigenvalue weighted by molar-refractivity contribution is -0.438. The number of nitrogens with zero attached hydrogens (tertiary/aromatic N) is 2.